The highest BCUT2D eigenvalue weighted by atomic mass is 19.1. The SMILES string of the molecule is NCCCCc1ccc(Oc2ccccc2F)cc1. The van der Waals surface area contributed by atoms with E-state index in [0.29, 0.717) is 5.75 Å². The lowest BCUT2D eigenvalue weighted by molar-refractivity contribution is 0.442. The summed E-state index contributed by atoms with van der Waals surface area (Å²) >= 11 is 0. The van der Waals surface area contributed by atoms with Gasteiger partial charge in [0.05, 0.1) is 0 Å². The number of rotatable bonds is 6. The van der Waals surface area contributed by atoms with Crippen LogP contribution in [0.15, 0.2) is 48.5 Å². The average Bonchev–Trinajstić information content (AvgIpc) is 2.44. The molecule has 0 aliphatic heterocycles. The van der Waals surface area contributed by atoms with Crippen LogP contribution < -0.4 is 10.5 Å². The van der Waals surface area contributed by atoms with Gasteiger partial charge >= 0.3 is 0 Å². The van der Waals surface area contributed by atoms with Crippen LogP contribution in [0.25, 0.3) is 0 Å². The zero-order valence-corrected chi connectivity index (χ0v) is 10.8. The van der Waals surface area contributed by atoms with E-state index in [0.717, 1.165) is 25.8 Å². The van der Waals surface area contributed by atoms with Crippen LogP contribution in [-0.4, -0.2) is 6.54 Å². The predicted molar refractivity (Wildman–Crippen MR) is 74.9 cm³/mol. The molecule has 0 amide bonds. The highest BCUT2D eigenvalue weighted by molar-refractivity contribution is 5.33. The third-order valence-corrected chi connectivity index (χ3v) is 2.91. The lowest BCUT2D eigenvalue weighted by Crippen LogP contribution is -1.98. The average molecular weight is 259 g/mol. The summed E-state index contributed by atoms with van der Waals surface area (Å²) in [7, 11) is 0. The zero-order valence-electron chi connectivity index (χ0n) is 10.8. The lowest BCUT2D eigenvalue weighted by Gasteiger charge is -2.07. The minimum atomic E-state index is -0.352. The van der Waals surface area contributed by atoms with E-state index in [1.807, 2.05) is 24.3 Å². The van der Waals surface area contributed by atoms with Gasteiger partial charge in [-0.15, -0.1) is 0 Å². The molecule has 0 atom stereocenters. The first kappa shape index (κ1) is 13.6. The summed E-state index contributed by atoms with van der Waals surface area (Å²) < 4.78 is 18.9. The van der Waals surface area contributed by atoms with E-state index in [1.165, 1.54) is 11.6 Å². The molecule has 0 fully saturated rings. The van der Waals surface area contributed by atoms with E-state index >= 15 is 0 Å². The smallest absolute Gasteiger partial charge is 0.165 e. The second-order valence-electron chi connectivity index (χ2n) is 4.42. The Labute approximate surface area is 113 Å². The molecule has 0 aliphatic carbocycles. The van der Waals surface area contributed by atoms with E-state index in [2.05, 4.69) is 0 Å². The third-order valence-electron chi connectivity index (χ3n) is 2.91. The number of aryl methyl sites for hydroxylation is 1. The number of benzene rings is 2. The van der Waals surface area contributed by atoms with Crippen LogP contribution in [0.4, 0.5) is 4.39 Å². The number of nitrogens with two attached hydrogens (primary N) is 1. The first-order valence-electron chi connectivity index (χ1n) is 6.51. The lowest BCUT2D eigenvalue weighted by atomic mass is 10.1. The molecule has 0 spiro atoms. The van der Waals surface area contributed by atoms with Crippen LogP contribution in [0.5, 0.6) is 11.5 Å². The van der Waals surface area contributed by atoms with E-state index in [4.69, 9.17) is 10.5 Å². The fourth-order valence-corrected chi connectivity index (χ4v) is 1.85. The van der Waals surface area contributed by atoms with Crippen molar-refractivity contribution in [1.82, 2.24) is 0 Å². The monoisotopic (exact) mass is 259 g/mol. The highest BCUT2D eigenvalue weighted by Crippen LogP contribution is 2.24. The maximum Gasteiger partial charge on any atom is 0.165 e. The van der Waals surface area contributed by atoms with Gasteiger partial charge in [-0.3, -0.25) is 0 Å². The van der Waals surface area contributed by atoms with Crippen LogP contribution >= 0.6 is 0 Å². The second-order valence-corrected chi connectivity index (χ2v) is 4.42. The number of halogens is 1. The van der Waals surface area contributed by atoms with Gasteiger partial charge in [-0.2, -0.15) is 0 Å². The number of unbranched alkanes of at least 4 members (excludes halogenated alkanes) is 1. The molecule has 0 aromatic heterocycles. The first-order valence-corrected chi connectivity index (χ1v) is 6.51. The van der Waals surface area contributed by atoms with Gasteiger partial charge in [-0.1, -0.05) is 24.3 Å². The third kappa shape index (κ3) is 4.07. The molecule has 2 N–H and O–H groups in total. The van der Waals surface area contributed by atoms with E-state index < -0.39 is 0 Å². The molecule has 2 aromatic rings. The van der Waals surface area contributed by atoms with Crippen LogP contribution in [0.3, 0.4) is 0 Å². The summed E-state index contributed by atoms with van der Waals surface area (Å²) in [5.74, 6) is 0.542. The number of hydrogen-bond acceptors (Lipinski definition) is 2. The van der Waals surface area contributed by atoms with Gasteiger partial charge in [-0.25, -0.2) is 4.39 Å². The Bertz CT molecular complexity index is 510. The molecule has 19 heavy (non-hydrogen) atoms. The Balaban J connectivity index is 1.97. The summed E-state index contributed by atoms with van der Waals surface area (Å²) in [6.45, 7) is 0.731. The second kappa shape index (κ2) is 6.90. The van der Waals surface area contributed by atoms with Crippen molar-refractivity contribution in [1.29, 1.82) is 0 Å². The van der Waals surface area contributed by atoms with Crippen molar-refractivity contribution < 1.29 is 9.13 Å². The Morgan fingerprint density at radius 3 is 2.37 bits per heavy atom. The molecule has 2 aromatic carbocycles. The quantitative estimate of drug-likeness (QED) is 0.798. The van der Waals surface area contributed by atoms with Gasteiger partial charge in [0.15, 0.2) is 11.6 Å². The van der Waals surface area contributed by atoms with Crippen LogP contribution in [0.2, 0.25) is 0 Å². The molecule has 0 heterocycles. The van der Waals surface area contributed by atoms with Crippen molar-refractivity contribution in [3.8, 4) is 11.5 Å². The Morgan fingerprint density at radius 2 is 1.68 bits per heavy atom. The molecule has 2 rings (SSSR count). The summed E-state index contributed by atoms with van der Waals surface area (Å²) in [6.07, 6.45) is 3.13. The van der Waals surface area contributed by atoms with Gasteiger partial charge in [-0.05, 0) is 55.6 Å². The van der Waals surface area contributed by atoms with Crippen molar-refractivity contribution in [2.24, 2.45) is 5.73 Å². The fourth-order valence-electron chi connectivity index (χ4n) is 1.85. The molecule has 100 valence electrons. The van der Waals surface area contributed by atoms with Crippen molar-refractivity contribution in [3.63, 3.8) is 0 Å². The van der Waals surface area contributed by atoms with Crippen LogP contribution in [0.1, 0.15) is 18.4 Å². The van der Waals surface area contributed by atoms with E-state index in [1.54, 1.807) is 18.2 Å². The number of para-hydroxylation sites is 1. The Morgan fingerprint density at radius 1 is 0.947 bits per heavy atom. The van der Waals surface area contributed by atoms with Crippen molar-refractivity contribution >= 4 is 0 Å². The molecule has 0 saturated carbocycles. The largest absolute Gasteiger partial charge is 0.454 e. The Hall–Kier alpha value is -1.87. The van der Waals surface area contributed by atoms with Crippen LogP contribution in [0, 0.1) is 5.82 Å². The van der Waals surface area contributed by atoms with Crippen molar-refractivity contribution in [3.05, 3.63) is 59.9 Å². The molecule has 3 heteroatoms. The van der Waals surface area contributed by atoms with Gasteiger partial charge in [0.25, 0.3) is 0 Å². The Kier molecular flexibility index (Phi) is 4.93. The molecular formula is C16H18FNO. The summed E-state index contributed by atoms with van der Waals surface area (Å²) in [4.78, 5) is 0. The standard InChI is InChI=1S/C16H18FNO/c17-15-6-1-2-7-16(15)19-14-10-8-13(9-11-14)5-3-4-12-18/h1-2,6-11H,3-5,12,18H2. The minimum Gasteiger partial charge on any atom is -0.454 e. The molecule has 0 saturated heterocycles. The molecule has 2 nitrogen and oxygen atoms in total. The van der Waals surface area contributed by atoms with Crippen molar-refractivity contribution in [2.45, 2.75) is 19.3 Å². The molecule has 0 unspecified atom stereocenters. The minimum absolute atomic E-state index is 0.249. The number of hydrogen-bond donors (Lipinski definition) is 1. The van der Waals surface area contributed by atoms with E-state index in [-0.39, 0.29) is 11.6 Å². The van der Waals surface area contributed by atoms with Gasteiger partial charge in [0.1, 0.15) is 5.75 Å². The van der Waals surface area contributed by atoms with E-state index in [9.17, 15) is 4.39 Å². The normalized spacial score (nSPS) is 10.4. The number of ether oxygens (including phenoxy) is 1. The maximum absolute atomic E-state index is 13.4. The predicted octanol–water partition coefficient (Wildman–Crippen LogP) is 3.90. The van der Waals surface area contributed by atoms with Gasteiger partial charge < -0.3 is 10.5 Å². The van der Waals surface area contributed by atoms with Crippen LogP contribution in [-0.2, 0) is 6.42 Å². The molecule has 0 aliphatic rings. The van der Waals surface area contributed by atoms with Crippen molar-refractivity contribution in [2.75, 3.05) is 6.54 Å². The molecule has 0 radical (unpaired) electrons. The van der Waals surface area contributed by atoms with Gasteiger partial charge in [0.2, 0.25) is 0 Å². The maximum atomic E-state index is 13.4. The summed E-state index contributed by atoms with van der Waals surface area (Å²) in [6, 6.07) is 14.1. The molecule has 0 bridgehead atoms. The topological polar surface area (TPSA) is 35.2 Å². The molecular weight excluding hydrogens is 241 g/mol. The highest BCUT2D eigenvalue weighted by Gasteiger charge is 2.03. The zero-order chi connectivity index (χ0) is 13.5. The van der Waals surface area contributed by atoms with Gasteiger partial charge in [0, 0.05) is 0 Å². The first-order chi connectivity index (χ1) is 9.29. The summed E-state index contributed by atoms with van der Waals surface area (Å²) in [5, 5.41) is 0. The fraction of sp³-hybridized carbons (Fsp3) is 0.250. The summed E-state index contributed by atoms with van der Waals surface area (Å²) in [5.41, 5.74) is 6.71.